The zero-order valence-electron chi connectivity index (χ0n) is 7.83. The lowest BCUT2D eigenvalue weighted by atomic mass is 10.4. The first-order valence-corrected chi connectivity index (χ1v) is 4.24. The monoisotopic (exact) mass is 179 g/mol. The molecule has 0 spiro atoms. The number of amides is 1. The molecule has 1 amide bonds. The maximum Gasteiger partial charge on any atom is 0.244 e. The minimum absolute atomic E-state index is 0.100. The van der Waals surface area contributed by atoms with Gasteiger partial charge in [0.1, 0.15) is 11.5 Å². The highest BCUT2D eigenvalue weighted by atomic mass is 16.3. The highest BCUT2D eigenvalue weighted by Crippen LogP contribution is 2.07. The van der Waals surface area contributed by atoms with Crippen molar-refractivity contribution < 1.29 is 9.21 Å². The van der Waals surface area contributed by atoms with Crippen LogP contribution in [0.5, 0.6) is 0 Å². The van der Waals surface area contributed by atoms with Gasteiger partial charge in [0, 0.05) is 12.6 Å². The number of furan rings is 1. The van der Waals surface area contributed by atoms with E-state index in [9.17, 15) is 4.79 Å². The van der Waals surface area contributed by atoms with Gasteiger partial charge in [-0.05, 0) is 32.1 Å². The maximum atomic E-state index is 11.0. The Labute approximate surface area is 77.4 Å². The summed E-state index contributed by atoms with van der Waals surface area (Å²) in [5.41, 5.74) is 0. The van der Waals surface area contributed by atoms with Crippen LogP contribution in [-0.2, 0) is 4.79 Å². The molecule has 0 aliphatic rings. The van der Waals surface area contributed by atoms with Gasteiger partial charge < -0.3 is 9.73 Å². The third kappa shape index (κ3) is 3.15. The zero-order valence-corrected chi connectivity index (χ0v) is 7.83. The molecule has 1 N–H and O–H groups in total. The molecule has 0 aromatic carbocycles. The average Bonchev–Trinajstić information content (AvgIpc) is 2.49. The second-order valence-corrected chi connectivity index (χ2v) is 2.68. The summed E-state index contributed by atoms with van der Waals surface area (Å²) >= 11 is 0. The first-order chi connectivity index (χ1) is 6.22. The molecule has 1 aromatic rings. The summed E-state index contributed by atoms with van der Waals surface area (Å²) in [6, 6.07) is 3.68. The Morgan fingerprint density at radius 2 is 2.38 bits per heavy atom. The number of hydrogen-bond acceptors (Lipinski definition) is 2. The van der Waals surface area contributed by atoms with Gasteiger partial charge in [0.05, 0.1) is 0 Å². The van der Waals surface area contributed by atoms with Crippen molar-refractivity contribution in [3.63, 3.8) is 0 Å². The topological polar surface area (TPSA) is 42.2 Å². The quantitative estimate of drug-likeness (QED) is 0.718. The molecule has 0 unspecified atom stereocenters. The van der Waals surface area contributed by atoms with Crippen LogP contribution in [0.15, 0.2) is 22.6 Å². The fraction of sp³-hybridized carbons (Fsp3) is 0.300. The van der Waals surface area contributed by atoms with Crippen LogP contribution in [0, 0.1) is 6.92 Å². The summed E-state index contributed by atoms with van der Waals surface area (Å²) in [5.74, 6) is 1.44. The van der Waals surface area contributed by atoms with E-state index in [0.717, 1.165) is 5.76 Å². The Kier molecular flexibility index (Phi) is 3.31. The van der Waals surface area contributed by atoms with E-state index < -0.39 is 0 Å². The highest BCUT2D eigenvalue weighted by Gasteiger charge is 1.94. The molecule has 0 saturated heterocycles. The first-order valence-electron chi connectivity index (χ1n) is 4.24. The van der Waals surface area contributed by atoms with Crippen molar-refractivity contribution in [2.24, 2.45) is 0 Å². The van der Waals surface area contributed by atoms with Gasteiger partial charge in [-0.25, -0.2) is 0 Å². The molecule has 13 heavy (non-hydrogen) atoms. The average molecular weight is 179 g/mol. The minimum Gasteiger partial charge on any atom is -0.462 e. The summed E-state index contributed by atoms with van der Waals surface area (Å²) in [4.78, 5) is 11.0. The molecule has 70 valence electrons. The Morgan fingerprint density at radius 1 is 1.62 bits per heavy atom. The van der Waals surface area contributed by atoms with Crippen molar-refractivity contribution in [1.82, 2.24) is 5.32 Å². The van der Waals surface area contributed by atoms with Gasteiger partial charge in [0.2, 0.25) is 5.91 Å². The maximum absolute atomic E-state index is 11.0. The molecule has 0 fully saturated rings. The fourth-order valence-corrected chi connectivity index (χ4v) is 0.934. The number of aryl methyl sites for hydroxylation is 1. The van der Waals surface area contributed by atoms with E-state index in [4.69, 9.17) is 4.42 Å². The lowest BCUT2D eigenvalue weighted by Crippen LogP contribution is -2.19. The molecular weight excluding hydrogens is 166 g/mol. The summed E-state index contributed by atoms with van der Waals surface area (Å²) in [6.07, 6.45) is 3.11. The Hall–Kier alpha value is -1.51. The van der Waals surface area contributed by atoms with Gasteiger partial charge in [-0.2, -0.15) is 0 Å². The third-order valence-electron chi connectivity index (χ3n) is 1.51. The molecule has 0 bridgehead atoms. The van der Waals surface area contributed by atoms with Crippen molar-refractivity contribution in [2.75, 3.05) is 6.54 Å². The van der Waals surface area contributed by atoms with E-state index in [-0.39, 0.29) is 5.91 Å². The van der Waals surface area contributed by atoms with Crippen molar-refractivity contribution in [2.45, 2.75) is 13.8 Å². The van der Waals surface area contributed by atoms with E-state index in [1.807, 2.05) is 26.0 Å². The number of rotatable bonds is 3. The van der Waals surface area contributed by atoms with E-state index >= 15 is 0 Å². The van der Waals surface area contributed by atoms with Gasteiger partial charge in [0.25, 0.3) is 0 Å². The van der Waals surface area contributed by atoms with E-state index in [1.54, 1.807) is 6.08 Å². The van der Waals surface area contributed by atoms with Crippen LogP contribution in [-0.4, -0.2) is 12.5 Å². The van der Waals surface area contributed by atoms with Crippen LogP contribution in [0.1, 0.15) is 18.4 Å². The molecule has 3 nitrogen and oxygen atoms in total. The second-order valence-electron chi connectivity index (χ2n) is 2.68. The molecule has 0 radical (unpaired) electrons. The van der Waals surface area contributed by atoms with Crippen molar-refractivity contribution in [3.8, 4) is 0 Å². The normalized spacial score (nSPS) is 10.6. The Balaban J connectivity index is 2.53. The fourth-order valence-electron chi connectivity index (χ4n) is 0.934. The summed E-state index contributed by atoms with van der Waals surface area (Å²) < 4.78 is 5.25. The van der Waals surface area contributed by atoms with E-state index in [0.29, 0.717) is 12.3 Å². The highest BCUT2D eigenvalue weighted by molar-refractivity contribution is 5.91. The van der Waals surface area contributed by atoms with Crippen molar-refractivity contribution >= 4 is 12.0 Å². The van der Waals surface area contributed by atoms with Crippen LogP contribution < -0.4 is 5.32 Å². The lowest BCUT2D eigenvalue weighted by molar-refractivity contribution is -0.116. The largest absolute Gasteiger partial charge is 0.462 e. The number of likely N-dealkylation sites (N-methyl/N-ethyl adjacent to an activating group) is 1. The molecule has 1 aromatic heterocycles. The summed E-state index contributed by atoms with van der Waals surface area (Å²) in [7, 11) is 0. The molecule has 0 aliphatic carbocycles. The molecule has 0 aliphatic heterocycles. The first kappa shape index (κ1) is 9.58. The van der Waals surface area contributed by atoms with Crippen molar-refractivity contribution in [1.29, 1.82) is 0 Å². The van der Waals surface area contributed by atoms with Crippen LogP contribution in [0.4, 0.5) is 0 Å². The molecular formula is C10H13NO2. The third-order valence-corrected chi connectivity index (χ3v) is 1.51. The predicted octanol–water partition coefficient (Wildman–Crippen LogP) is 1.74. The van der Waals surface area contributed by atoms with E-state index in [2.05, 4.69) is 5.32 Å². The molecule has 0 saturated carbocycles. The van der Waals surface area contributed by atoms with Crippen LogP contribution in [0.3, 0.4) is 0 Å². The molecule has 1 heterocycles. The smallest absolute Gasteiger partial charge is 0.244 e. The van der Waals surface area contributed by atoms with Gasteiger partial charge in [0.15, 0.2) is 0 Å². The van der Waals surface area contributed by atoms with Gasteiger partial charge in [-0.15, -0.1) is 0 Å². The van der Waals surface area contributed by atoms with Crippen LogP contribution in [0.25, 0.3) is 6.08 Å². The van der Waals surface area contributed by atoms with Crippen molar-refractivity contribution in [3.05, 3.63) is 29.7 Å². The van der Waals surface area contributed by atoms with Crippen LogP contribution in [0.2, 0.25) is 0 Å². The molecule has 3 heteroatoms. The summed E-state index contributed by atoms with van der Waals surface area (Å²) in [6.45, 7) is 4.38. The van der Waals surface area contributed by atoms with Gasteiger partial charge >= 0.3 is 0 Å². The number of carbonyl (C=O) groups is 1. The van der Waals surface area contributed by atoms with E-state index in [1.165, 1.54) is 6.08 Å². The summed E-state index contributed by atoms with van der Waals surface area (Å²) in [5, 5.41) is 2.66. The zero-order chi connectivity index (χ0) is 9.68. The number of carbonyl (C=O) groups excluding carboxylic acids is 1. The second kappa shape index (κ2) is 4.50. The minimum atomic E-state index is -0.100. The number of hydrogen-bond donors (Lipinski definition) is 1. The van der Waals surface area contributed by atoms with Crippen LogP contribution >= 0.6 is 0 Å². The molecule has 1 rings (SSSR count). The predicted molar refractivity (Wildman–Crippen MR) is 51.2 cm³/mol. The standard InChI is InChI=1S/C10H13NO2/c1-3-11-10(12)7-6-9-5-4-8(2)13-9/h4-7H,3H2,1-2H3,(H,11,12)/b7-6+. The number of nitrogens with one attached hydrogen (secondary N) is 1. The Morgan fingerprint density at radius 3 is 2.92 bits per heavy atom. The van der Waals surface area contributed by atoms with Gasteiger partial charge in [-0.3, -0.25) is 4.79 Å². The molecule has 0 atom stereocenters. The SMILES string of the molecule is CCNC(=O)/C=C/c1ccc(C)o1. The lowest BCUT2D eigenvalue weighted by Gasteiger charge is -1.92. The Bertz CT molecular complexity index is 312. The van der Waals surface area contributed by atoms with Gasteiger partial charge in [-0.1, -0.05) is 0 Å².